The molecule has 1 aliphatic rings. The molecule has 0 unspecified atom stereocenters. The first kappa shape index (κ1) is 20.2. The van der Waals surface area contributed by atoms with Gasteiger partial charge in [-0.2, -0.15) is 16.1 Å². The van der Waals surface area contributed by atoms with Gasteiger partial charge in [-0.3, -0.25) is 4.79 Å². The molecule has 144 valence electrons. The average Bonchev–Trinajstić information content (AvgIpc) is 2.89. The molecule has 5 nitrogen and oxygen atoms in total. The van der Waals surface area contributed by atoms with E-state index in [1.807, 2.05) is 24.3 Å². The Morgan fingerprint density at radius 2 is 1.85 bits per heavy atom. The van der Waals surface area contributed by atoms with Gasteiger partial charge < -0.3 is 5.32 Å². The van der Waals surface area contributed by atoms with Crippen LogP contribution in [0.25, 0.3) is 0 Å². The van der Waals surface area contributed by atoms with E-state index in [4.69, 9.17) is 11.6 Å². The van der Waals surface area contributed by atoms with Crippen molar-refractivity contribution in [3.05, 3.63) is 59.1 Å². The van der Waals surface area contributed by atoms with Crippen LogP contribution in [-0.2, 0) is 14.8 Å². The fourth-order valence-electron chi connectivity index (χ4n) is 3.04. The van der Waals surface area contributed by atoms with Crippen molar-refractivity contribution in [2.24, 2.45) is 0 Å². The minimum atomic E-state index is -3.57. The zero-order valence-corrected chi connectivity index (χ0v) is 17.3. The molecule has 1 fully saturated rings. The third-order valence-electron chi connectivity index (χ3n) is 4.36. The number of hydrogen-bond donors (Lipinski definition) is 1. The molecule has 1 aliphatic heterocycles. The fourth-order valence-corrected chi connectivity index (χ4v) is 6.21. The van der Waals surface area contributed by atoms with Gasteiger partial charge in [0.05, 0.1) is 4.90 Å². The number of anilines is 1. The number of carbonyl (C=O) groups excluding carboxylic acids is 1. The Bertz CT molecular complexity index is 917. The number of nitrogens with one attached hydrogen (secondary N) is 1. The number of benzene rings is 2. The predicted molar refractivity (Wildman–Crippen MR) is 111 cm³/mol. The lowest BCUT2D eigenvalue weighted by molar-refractivity contribution is -0.114. The Kier molecular flexibility index (Phi) is 6.47. The molecule has 0 radical (unpaired) electrons. The van der Waals surface area contributed by atoms with Crippen LogP contribution in [0.15, 0.2) is 53.4 Å². The summed E-state index contributed by atoms with van der Waals surface area (Å²) in [5, 5.41) is 3.54. The summed E-state index contributed by atoms with van der Waals surface area (Å²) in [5.74, 6) is 0.514. The first-order valence-corrected chi connectivity index (χ1v) is 11.5. The van der Waals surface area contributed by atoms with Crippen LogP contribution >= 0.6 is 23.4 Å². The predicted octanol–water partition coefficient (Wildman–Crippen LogP) is 4.17. The summed E-state index contributed by atoms with van der Waals surface area (Å²) < 4.78 is 27.5. The summed E-state index contributed by atoms with van der Waals surface area (Å²) in [6.45, 7) is 2.31. The molecule has 0 saturated carbocycles. The van der Waals surface area contributed by atoms with Crippen LogP contribution in [0.5, 0.6) is 0 Å². The van der Waals surface area contributed by atoms with Crippen LogP contribution in [0.4, 0.5) is 5.69 Å². The van der Waals surface area contributed by atoms with Crippen LogP contribution in [0.3, 0.4) is 0 Å². The van der Waals surface area contributed by atoms with Gasteiger partial charge in [-0.25, -0.2) is 8.42 Å². The van der Waals surface area contributed by atoms with Gasteiger partial charge in [0.1, 0.15) is 0 Å². The maximum absolute atomic E-state index is 13.0. The fraction of sp³-hybridized carbons (Fsp3) is 0.316. The van der Waals surface area contributed by atoms with Gasteiger partial charge in [0.2, 0.25) is 15.9 Å². The third kappa shape index (κ3) is 4.85. The van der Waals surface area contributed by atoms with Crippen molar-refractivity contribution in [1.29, 1.82) is 0 Å². The largest absolute Gasteiger partial charge is 0.326 e. The summed E-state index contributed by atoms with van der Waals surface area (Å²) in [4.78, 5) is 11.3. The molecule has 3 rings (SSSR count). The van der Waals surface area contributed by atoms with E-state index in [1.54, 1.807) is 23.9 Å². The summed E-state index contributed by atoms with van der Waals surface area (Å²) in [6, 6.07) is 14.0. The van der Waals surface area contributed by atoms with E-state index in [-0.39, 0.29) is 16.1 Å². The van der Waals surface area contributed by atoms with Crippen molar-refractivity contribution < 1.29 is 13.2 Å². The second-order valence-electron chi connectivity index (χ2n) is 6.28. The molecule has 0 spiro atoms. The molecule has 0 aromatic heterocycles. The number of hydrogen-bond acceptors (Lipinski definition) is 4. The highest BCUT2D eigenvalue weighted by Crippen LogP contribution is 2.38. The van der Waals surface area contributed by atoms with E-state index in [0.29, 0.717) is 31.0 Å². The zero-order chi connectivity index (χ0) is 19.4. The average molecular weight is 425 g/mol. The van der Waals surface area contributed by atoms with Crippen molar-refractivity contribution in [2.75, 3.05) is 24.2 Å². The molecule has 1 saturated heterocycles. The first-order valence-electron chi connectivity index (χ1n) is 8.62. The topological polar surface area (TPSA) is 66.5 Å². The number of nitrogens with zero attached hydrogens (tertiary/aromatic N) is 1. The van der Waals surface area contributed by atoms with Gasteiger partial charge in [-0.15, -0.1) is 0 Å². The number of thioether (sulfide) groups is 1. The highest BCUT2D eigenvalue weighted by atomic mass is 35.5. The Morgan fingerprint density at radius 3 is 2.52 bits per heavy atom. The summed E-state index contributed by atoms with van der Waals surface area (Å²) in [7, 11) is -3.57. The van der Waals surface area contributed by atoms with E-state index in [1.165, 1.54) is 23.4 Å². The molecule has 2 aromatic carbocycles. The SMILES string of the molecule is CC(=O)Nc1ccc(S(=O)(=O)N2CCS[C@H](c3ccccc3Cl)CC2)cc1. The van der Waals surface area contributed by atoms with Gasteiger partial charge in [0, 0.05) is 41.7 Å². The lowest BCUT2D eigenvalue weighted by atomic mass is 10.1. The van der Waals surface area contributed by atoms with Crippen molar-refractivity contribution in [1.82, 2.24) is 4.31 Å². The summed E-state index contributed by atoms with van der Waals surface area (Å²) in [5.41, 5.74) is 1.63. The zero-order valence-electron chi connectivity index (χ0n) is 14.9. The monoisotopic (exact) mass is 424 g/mol. The van der Waals surface area contributed by atoms with Gasteiger partial charge >= 0.3 is 0 Å². The maximum atomic E-state index is 13.0. The molecule has 1 atom stereocenters. The molecule has 27 heavy (non-hydrogen) atoms. The highest BCUT2D eigenvalue weighted by molar-refractivity contribution is 7.99. The van der Waals surface area contributed by atoms with Gasteiger partial charge in [-0.1, -0.05) is 29.8 Å². The smallest absolute Gasteiger partial charge is 0.243 e. The lowest BCUT2D eigenvalue weighted by Gasteiger charge is -2.20. The Balaban J connectivity index is 1.74. The highest BCUT2D eigenvalue weighted by Gasteiger charge is 2.28. The third-order valence-corrected chi connectivity index (χ3v) is 7.93. The van der Waals surface area contributed by atoms with Crippen LogP contribution in [-0.4, -0.2) is 37.5 Å². The van der Waals surface area contributed by atoms with Crippen molar-refractivity contribution >= 4 is 45.0 Å². The molecular weight excluding hydrogens is 404 g/mol. The van der Waals surface area contributed by atoms with Crippen molar-refractivity contribution in [3.8, 4) is 0 Å². The first-order chi connectivity index (χ1) is 12.9. The maximum Gasteiger partial charge on any atom is 0.243 e. The molecule has 8 heteroatoms. The summed E-state index contributed by atoms with van der Waals surface area (Å²) in [6.07, 6.45) is 0.706. The van der Waals surface area contributed by atoms with E-state index < -0.39 is 10.0 Å². The van der Waals surface area contributed by atoms with Crippen LogP contribution < -0.4 is 5.32 Å². The normalized spacial score (nSPS) is 18.7. The molecule has 0 aliphatic carbocycles. The summed E-state index contributed by atoms with van der Waals surface area (Å²) >= 11 is 8.05. The molecular formula is C19H21ClN2O3S2. The van der Waals surface area contributed by atoms with Crippen LogP contribution in [0.1, 0.15) is 24.2 Å². The van der Waals surface area contributed by atoms with E-state index in [9.17, 15) is 13.2 Å². The van der Waals surface area contributed by atoms with E-state index in [2.05, 4.69) is 5.32 Å². The Labute approximate surface area is 169 Å². The Morgan fingerprint density at radius 1 is 1.15 bits per heavy atom. The second kappa shape index (κ2) is 8.65. The van der Waals surface area contributed by atoms with Crippen LogP contribution in [0.2, 0.25) is 5.02 Å². The van der Waals surface area contributed by atoms with Crippen molar-refractivity contribution in [3.63, 3.8) is 0 Å². The molecule has 1 heterocycles. The minimum absolute atomic E-state index is 0.182. The number of halogens is 1. The lowest BCUT2D eigenvalue weighted by Crippen LogP contribution is -2.33. The van der Waals surface area contributed by atoms with Gasteiger partial charge in [0.25, 0.3) is 0 Å². The molecule has 1 amide bonds. The molecule has 2 aromatic rings. The molecule has 0 bridgehead atoms. The Hall–Kier alpha value is -1.54. The number of rotatable bonds is 4. The van der Waals surface area contributed by atoms with Crippen molar-refractivity contribution in [2.45, 2.75) is 23.5 Å². The van der Waals surface area contributed by atoms with Crippen LogP contribution in [0, 0.1) is 0 Å². The second-order valence-corrected chi connectivity index (χ2v) is 9.94. The number of amides is 1. The van der Waals surface area contributed by atoms with Gasteiger partial charge in [0.15, 0.2) is 0 Å². The van der Waals surface area contributed by atoms with Gasteiger partial charge in [-0.05, 0) is 42.3 Å². The minimum Gasteiger partial charge on any atom is -0.326 e. The quantitative estimate of drug-likeness (QED) is 0.799. The molecule has 1 N–H and O–H groups in total. The number of sulfonamides is 1. The number of carbonyl (C=O) groups is 1. The standard InChI is InChI=1S/C19H21ClN2O3S2/c1-14(23)21-15-6-8-16(9-7-15)27(24,25)22-11-10-19(26-13-12-22)17-4-2-3-5-18(17)20/h2-9,19H,10-13H2,1H3,(H,21,23)/t19-/m0/s1. The van der Waals surface area contributed by atoms with E-state index in [0.717, 1.165) is 10.6 Å². The van der Waals surface area contributed by atoms with E-state index >= 15 is 0 Å².